The van der Waals surface area contributed by atoms with Crippen molar-refractivity contribution < 1.29 is 14.7 Å². The molecule has 0 aromatic heterocycles. The minimum atomic E-state index is -0.745. The van der Waals surface area contributed by atoms with Crippen molar-refractivity contribution in [2.24, 2.45) is 5.73 Å². The van der Waals surface area contributed by atoms with Crippen LogP contribution in [0.5, 0.6) is 0 Å². The van der Waals surface area contributed by atoms with E-state index in [1.807, 2.05) is 0 Å². The van der Waals surface area contributed by atoms with Gasteiger partial charge >= 0.3 is 11.8 Å². The van der Waals surface area contributed by atoms with Crippen LogP contribution in [0.3, 0.4) is 0 Å². The van der Waals surface area contributed by atoms with Gasteiger partial charge in [-0.3, -0.25) is 14.5 Å². The number of hydrogen-bond acceptors (Lipinski definition) is 5. The Labute approximate surface area is 113 Å². The van der Waals surface area contributed by atoms with E-state index >= 15 is 0 Å². The van der Waals surface area contributed by atoms with Gasteiger partial charge in [-0.2, -0.15) is 0 Å². The standard InChI is InChI=1S/C12H24N4O3/c1-12(2,19)9-15-5-7-16(8-6-15)11(18)10(17)14-4-3-13/h19H,3-9,13H2,1-2H3,(H,14,17). The summed E-state index contributed by atoms with van der Waals surface area (Å²) in [5, 5.41) is 12.2. The van der Waals surface area contributed by atoms with E-state index in [1.54, 1.807) is 13.8 Å². The Balaban J connectivity index is 2.37. The van der Waals surface area contributed by atoms with Crippen molar-refractivity contribution in [2.45, 2.75) is 19.4 Å². The van der Waals surface area contributed by atoms with Crippen molar-refractivity contribution in [1.29, 1.82) is 0 Å². The van der Waals surface area contributed by atoms with Crippen molar-refractivity contribution in [3.63, 3.8) is 0 Å². The Hall–Kier alpha value is -1.18. The Morgan fingerprint density at radius 1 is 1.26 bits per heavy atom. The Kier molecular flexibility index (Phi) is 5.71. The minimum absolute atomic E-state index is 0.309. The molecule has 0 saturated carbocycles. The first-order valence-corrected chi connectivity index (χ1v) is 6.55. The van der Waals surface area contributed by atoms with E-state index in [0.29, 0.717) is 45.8 Å². The van der Waals surface area contributed by atoms with Gasteiger partial charge in [0.1, 0.15) is 0 Å². The van der Waals surface area contributed by atoms with Gasteiger partial charge in [-0.25, -0.2) is 0 Å². The van der Waals surface area contributed by atoms with Crippen LogP contribution < -0.4 is 11.1 Å². The predicted octanol–water partition coefficient (Wildman–Crippen LogP) is -2.02. The number of aliphatic hydroxyl groups is 1. The van der Waals surface area contributed by atoms with Crippen LogP contribution in [-0.4, -0.2) is 78.1 Å². The highest BCUT2D eigenvalue weighted by Crippen LogP contribution is 2.08. The molecule has 0 radical (unpaired) electrons. The molecule has 1 heterocycles. The molecule has 0 aromatic carbocycles. The number of nitrogens with zero attached hydrogens (tertiary/aromatic N) is 2. The fourth-order valence-corrected chi connectivity index (χ4v) is 2.06. The van der Waals surface area contributed by atoms with Crippen LogP contribution in [0.4, 0.5) is 0 Å². The van der Waals surface area contributed by atoms with Gasteiger partial charge in [-0.05, 0) is 13.8 Å². The van der Waals surface area contributed by atoms with Gasteiger partial charge < -0.3 is 21.1 Å². The molecule has 1 fully saturated rings. The van der Waals surface area contributed by atoms with Crippen LogP contribution in [0.25, 0.3) is 0 Å². The molecule has 7 nitrogen and oxygen atoms in total. The smallest absolute Gasteiger partial charge is 0.311 e. The highest BCUT2D eigenvalue weighted by atomic mass is 16.3. The zero-order valence-corrected chi connectivity index (χ0v) is 11.7. The zero-order chi connectivity index (χ0) is 14.5. The lowest BCUT2D eigenvalue weighted by Gasteiger charge is -2.36. The summed E-state index contributed by atoms with van der Waals surface area (Å²) in [5.41, 5.74) is 4.52. The van der Waals surface area contributed by atoms with E-state index in [0.717, 1.165) is 0 Å². The highest BCUT2D eigenvalue weighted by Gasteiger charge is 2.27. The molecule has 7 heteroatoms. The van der Waals surface area contributed by atoms with Gasteiger partial charge in [-0.1, -0.05) is 0 Å². The summed E-state index contributed by atoms with van der Waals surface area (Å²) in [6.07, 6.45) is 0. The zero-order valence-electron chi connectivity index (χ0n) is 11.7. The molecule has 19 heavy (non-hydrogen) atoms. The molecule has 1 rings (SSSR count). The van der Waals surface area contributed by atoms with Crippen molar-refractivity contribution in [2.75, 3.05) is 45.8 Å². The molecular formula is C12H24N4O3. The maximum absolute atomic E-state index is 11.8. The van der Waals surface area contributed by atoms with Gasteiger partial charge in [-0.15, -0.1) is 0 Å². The average Bonchev–Trinajstić information content (AvgIpc) is 2.34. The number of carbonyl (C=O) groups excluding carboxylic acids is 2. The molecule has 1 aliphatic heterocycles. The van der Waals surface area contributed by atoms with Gasteiger partial charge in [0.05, 0.1) is 5.60 Å². The molecule has 110 valence electrons. The third kappa shape index (κ3) is 5.54. The third-order valence-electron chi connectivity index (χ3n) is 2.89. The largest absolute Gasteiger partial charge is 0.389 e. The fourth-order valence-electron chi connectivity index (χ4n) is 2.06. The summed E-state index contributed by atoms with van der Waals surface area (Å²) < 4.78 is 0. The van der Waals surface area contributed by atoms with E-state index in [1.165, 1.54) is 4.90 Å². The SMILES string of the molecule is CC(C)(O)CN1CCN(C(=O)C(=O)NCCN)CC1. The molecule has 1 aliphatic rings. The summed E-state index contributed by atoms with van der Waals surface area (Å²) in [7, 11) is 0. The second-order valence-electron chi connectivity index (χ2n) is 5.43. The number of nitrogens with two attached hydrogens (primary N) is 1. The number of piperazine rings is 1. The third-order valence-corrected chi connectivity index (χ3v) is 2.89. The van der Waals surface area contributed by atoms with Crippen LogP contribution in [0.2, 0.25) is 0 Å². The fraction of sp³-hybridized carbons (Fsp3) is 0.833. The molecule has 1 saturated heterocycles. The normalized spacial score (nSPS) is 17.4. The van der Waals surface area contributed by atoms with E-state index in [9.17, 15) is 14.7 Å². The minimum Gasteiger partial charge on any atom is -0.389 e. The maximum atomic E-state index is 11.8. The molecule has 4 N–H and O–H groups in total. The molecule has 0 aromatic rings. The average molecular weight is 272 g/mol. The second-order valence-corrected chi connectivity index (χ2v) is 5.43. The van der Waals surface area contributed by atoms with Gasteiger partial charge in [0.2, 0.25) is 0 Å². The van der Waals surface area contributed by atoms with E-state index in [4.69, 9.17) is 5.73 Å². The lowest BCUT2D eigenvalue weighted by atomic mass is 10.1. The second kappa shape index (κ2) is 6.83. The van der Waals surface area contributed by atoms with E-state index < -0.39 is 17.4 Å². The molecular weight excluding hydrogens is 248 g/mol. The summed E-state index contributed by atoms with van der Waals surface area (Å²) in [6.45, 7) is 7.04. The number of rotatable bonds is 4. The summed E-state index contributed by atoms with van der Waals surface area (Å²) >= 11 is 0. The summed E-state index contributed by atoms with van der Waals surface area (Å²) in [4.78, 5) is 26.9. The first kappa shape index (κ1) is 15.9. The van der Waals surface area contributed by atoms with E-state index in [2.05, 4.69) is 10.2 Å². The number of hydrogen-bond donors (Lipinski definition) is 3. The summed E-state index contributed by atoms with van der Waals surface area (Å²) in [6, 6.07) is 0. The number of nitrogens with one attached hydrogen (secondary N) is 1. The Bertz CT molecular complexity index is 319. The van der Waals surface area contributed by atoms with Crippen molar-refractivity contribution in [3.05, 3.63) is 0 Å². The number of amides is 2. The Morgan fingerprint density at radius 2 is 1.84 bits per heavy atom. The monoisotopic (exact) mass is 272 g/mol. The van der Waals surface area contributed by atoms with E-state index in [-0.39, 0.29) is 0 Å². The first-order valence-electron chi connectivity index (χ1n) is 6.55. The van der Waals surface area contributed by atoms with Crippen molar-refractivity contribution in [3.8, 4) is 0 Å². The lowest BCUT2D eigenvalue weighted by Crippen LogP contribution is -2.54. The predicted molar refractivity (Wildman–Crippen MR) is 71.4 cm³/mol. The highest BCUT2D eigenvalue weighted by molar-refractivity contribution is 6.35. The molecule has 2 amide bonds. The van der Waals surface area contributed by atoms with Crippen LogP contribution in [0.1, 0.15) is 13.8 Å². The molecule has 0 unspecified atom stereocenters. The maximum Gasteiger partial charge on any atom is 0.311 e. The van der Waals surface area contributed by atoms with Gasteiger partial charge in [0.25, 0.3) is 0 Å². The topological polar surface area (TPSA) is 98.9 Å². The van der Waals surface area contributed by atoms with Gasteiger partial charge in [0, 0.05) is 45.8 Å². The lowest BCUT2D eigenvalue weighted by molar-refractivity contribution is -0.147. The number of β-amino-alcohol motifs (C(OH)–C–C–N with tert-alkyl or cyclic N) is 1. The van der Waals surface area contributed by atoms with Crippen molar-refractivity contribution in [1.82, 2.24) is 15.1 Å². The van der Waals surface area contributed by atoms with Crippen molar-refractivity contribution >= 4 is 11.8 Å². The molecule has 0 aliphatic carbocycles. The van der Waals surface area contributed by atoms with Crippen LogP contribution in [0.15, 0.2) is 0 Å². The molecule has 0 atom stereocenters. The van der Waals surface area contributed by atoms with Crippen LogP contribution in [-0.2, 0) is 9.59 Å². The molecule has 0 spiro atoms. The first-order chi connectivity index (χ1) is 8.83. The summed E-state index contributed by atoms with van der Waals surface area (Å²) in [5.74, 6) is -1.10. The van der Waals surface area contributed by atoms with Crippen LogP contribution in [0, 0.1) is 0 Å². The number of carbonyl (C=O) groups is 2. The van der Waals surface area contributed by atoms with Crippen LogP contribution >= 0.6 is 0 Å². The quantitative estimate of drug-likeness (QED) is 0.513. The van der Waals surface area contributed by atoms with Gasteiger partial charge in [0.15, 0.2) is 0 Å². The molecule has 0 bridgehead atoms. The Morgan fingerprint density at radius 3 is 2.32 bits per heavy atom.